The van der Waals surface area contributed by atoms with E-state index in [9.17, 15) is 9.90 Å². The Morgan fingerprint density at radius 3 is 2.75 bits per heavy atom. The summed E-state index contributed by atoms with van der Waals surface area (Å²) < 4.78 is 0. The Balaban J connectivity index is 2.51. The van der Waals surface area contributed by atoms with Crippen LogP contribution in [0.4, 0.5) is 0 Å². The number of aromatic hydroxyl groups is 1. The number of aromatic carboxylic acids is 1. The molecule has 0 unspecified atom stereocenters. The molecule has 1 aromatic heterocycles. The van der Waals surface area contributed by atoms with Gasteiger partial charge in [0, 0.05) is 5.56 Å². The maximum atomic E-state index is 10.8. The van der Waals surface area contributed by atoms with Gasteiger partial charge < -0.3 is 15.2 Å². The quantitative estimate of drug-likeness (QED) is 0.717. The summed E-state index contributed by atoms with van der Waals surface area (Å²) in [6.45, 7) is 1.81. The van der Waals surface area contributed by atoms with Crippen molar-refractivity contribution in [2.75, 3.05) is 0 Å². The predicted octanol–water partition coefficient (Wildman–Crippen LogP) is 1.79. The number of nitrogens with zero attached hydrogens (tertiary/aromatic N) is 1. The lowest BCUT2D eigenvalue weighted by molar-refractivity contribution is 0.0694. The number of imidazole rings is 1. The Bertz CT molecular complexity index is 546. The van der Waals surface area contributed by atoms with E-state index in [1.165, 1.54) is 12.1 Å². The van der Waals surface area contributed by atoms with Crippen molar-refractivity contribution in [3.05, 3.63) is 35.8 Å². The number of carbonyl (C=O) groups is 1. The van der Waals surface area contributed by atoms with Gasteiger partial charge in [-0.3, -0.25) is 0 Å². The van der Waals surface area contributed by atoms with Crippen LogP contribution in [0, 0.1) is 6.92 Å². The number of benzene rings is 1. The zero-order chi connectivity index (χ0) is 11.7. The third-order valence-electron chi connectivity index (χ3n) is 2.24. The maximum Gasteiger partial charge on any atom is 0.339 e. The molecule has 16 heavy (non-hydrogen) atoms. The van der Waals surface area contributed by atoms with E-state index >= 15 is 0 Å². The lowest BCUT2D eigenvalue weighted by atomic mass is 10.1. The zero-order valence-corrected chi connectivity index (χ0v) is 8.56. The average molecular weight is 218 g/mol. The van der Waals surface area contributed by atoms with E-state index in [4.69, 9.17) is 5.11 Å². The highest BCUT2D eigenvalue weighted by atomic mass is 16.4. The predicted molar refractivity (Wildman–Crippen MR) is 57.4 cm³/mol. The molecule has 2 rings (SSSR count). The fourth-order valence-corrected chi connectivity index (χ4v) is 1.44. The Hall–Kier alpha value is -2.30. The summed E-state index contributed by atoms with van der Waals surface area (Å²) in [5.41, 5.74) is 1.28. The van der Waals surface area contributed by atoms with Gasteiger partial charge in [0.15, 0.2) is 0 Å². The van der Waals surface area contributed by atoms with Crippen LogP contribution in [0.3, 0.4) is 0 Å². The number of aromatic amines is 1. The molecule has 0 amide bonds. The Morgan fingerprint density at radius 1 is 1.44 bits per heavy atom. The van der Waals surface area contributed by atoms with Gasteiger partial charge in [-0.15, -0.1) is 0 Å². The summed E-state index contributed by atoms with van der Waals surface area (Å²) in [6, 6.07) is 4.40. The molecule has 1 aromatic carbocycles. The third kappa shape index (κ3) is 1.75. The molecule has 0 saturated heterocycles. The summed E-state index contributed by atoms with van der Waals surface area (Å²) in [4.78, 5) is 17.8. The van der Waals surface area contributed by atoms with E-state index in [1.54, 1.807) is 12.3 Å². The number of phenols is 1. The molecule has 0 aliphatic rings. The third-order valence-corrected chi connectivity index (χ3v) is 2.24. The standard InChI is InChI=1S/C11H10N2O3/c1-6-12-5-9(13-6)7-2-3-10(14)8(4-7)11(15)16/h2-5,14H,1H3,(H,12,13)(H,15,16). The average Bonchev–Trinajstić information content (AvgIpc) is 2.65. The summed E-state index contributed by atoms with van der Waals surface area (Å²) in [6.07, 6.45) is 1.62. The smallest absolute Gasteiger partial charge is 0.339 e. The largest absolute Gasteiger partial charge is 0.507 e. The van der Waals surface area contributed by atoms with Crippen molar-refractivity contribution in [1.82, 2.24) is 9.97 Å². The van der Waals surface area contributed by atoms with Crippen LogP contribution >= 0.6 is 0 Å². The first kappa shape index (κ1) is 10.2. The summed E-state index contributed by atoms with van der Waals surface area (Å²) in [5, 5.41) is 18.2. The van der Waals surface area contributed by atoms with Crippen LogP contribution in [0.5, 0.6) is 5.75 Å². The van der Waals surface area contributed by atoms with Gasteiger partial charge in [-0.25, -0.2) is 9.78 Å². The van der Waals surface area contributed by atoms with Gasteiger partial charge in [0.05, 0.1) is 11.9 Å². The van der Waals surface area contributed by atoms with E-state index in [0.717, 1.165) is 11.5 Å². The highest BCUT2D eigenvalue weighted by Gasteiger charge is 2.11. The summed E-state index contributed by atoms with van der Waals surface area (Å²) in [7, 11) is 0. The minimum Gasteiger partial charge on any atom is -0.507 e. The molecule has 0 bridgehead atoms. The van der Waals surface area contributed by atoms with Crippen molar-refractivity contribution in [3.63, 3.8) is 0 Å². The number of rotatable bonds is 2. The van der Waals surface area contributed by atoms with Crippen molar-refractivity contribution in [2.24, 2.45) is 0 Å². The van der Waals surface area contributed by atoms with Gasteiger partial charge in [-0.1, -0.05) is 0 Å². The van der Waals surface area contributed by atoms with Crippen LogP contribution in [-0.2, 0) is 0 Å². The lowest BCUT2D eigenvalue weighted by Gasteiger charge is -2.02. The molecule has 2 aromatic rings. The lowest BCUT2D eigenvalue weighted by Crippen LogP contribution is -1.97. The molecule has 0 atom stereocenters. The van der Waals surface area contributed by atoms with Crippen molar-refractivity contribution in [2.45, 2.75) is 6.92 Å². The molecule has 5 heteroatoms. The van der Waals surface area contributed by atoms with E-state index < -0.39 is 5.97 Å². The molecule has 0 saturated carbocycles. The van der Waals surface area contributed by atoms with Crippen LogP contribution in [0.25, 0.3) is 11.3 Å². The second-order valence-corrected chi connectivity index (χ2v) is 3.42. The molecule has 0 aliphatic heterocycles. The number of hydrogen-bond donors (Lipinski definition) is 3. The highest BCUT2D eigenvalue weighted by Crippen LogP contribution is 2.24. The summed E-state index contributed by atoms with van der Waals surface area (Å²) >= 11 is 0. The second kappa shape index (κ2) is 3.69. The number of carboxylic acid groups (broad SMARTS) is 1. The number of aryl methyl sites for hydroxylation is 1. The van der Waals surface area contributed by atoms with E-state index in [2.05, 4.69) is 9.97 Å². The number of aromatic nitrogens is 2. The number of H-pyrrole nitrogens is 1. The molecule has 0 spiro atoms. The molecule has 0 fully saturated rings. The van der Waals surface area contributed by atoms with Gasteiger partial charge in [-0.05, 0) is 25.1 Å². The Labute approximate surface area is 91.4 Å². The first-order valence-corrected chi connectivity index (χ1v) is 4.66. The number of hydrogen-bond acceptors (Lipinski definition) is 3. The van der Waals surface area contributed by atoms with Crippen molar-refractivity contribution in [3.8, 4) is 17.0 Å². The van der Waals surface area contributed by atoms with E-state index in [-0.39, 0.29) is 11.3 Å². The van der Waals surface area contributed by atoms with Crippen LogP contribution < -0.4 is 0 Å². The molecular weight excluding hydrogens is 208 g/mol. The van der Waals surface area contributed by atoms with Crippen molar-refractivity contribution < 1.29 is 15.0 Å². The zero-order valence-electron chi connectivity index (χ0n) is 8.56. The molecule has 1 heterocycles. The summed E-state index contributed by atoms with van der Waals surface area (Å²) in [5.74, 6) is -0.650. The molecule has 3 N–H and O–H groups in total. The molecule has 5 nitrogen and oxygen atoms in total. The monoisotopic (exact) mass is 218 g/mol. The van der Waals surface area contributed by atoms with Gasteiger partial charge in [-0.2, -0.15) is 0 Å². The first-order chi connectivity index (χ1) is 7.58. The Kier molecular flexibility index (Phi) is 2.36. The van der Waals surface area contributed by atoms with Crippen LogP contribution in [0.1, 0.15) is 16.2 Å². The van der Waals surface area contributed by atoms with Gasteiger partial charge >= 0.3 is 5.97 Å². The fraction of sp³-hybridized carbons (Fsp3) is 0.0909. The minimum atomic E-state index is -1.16. The minimum absolute atomic E-state index is 0.121. The molecular formula is C11H10N2O3. The molecule has 0 radical (unpaired) electrons. The van der Waals surface area contributed by atoms with Crippen molar-refractivity contribution >= 4 is 5.97 Å². The molecule has 82 valence electrons. The van der Waals surface area contributed by atoms with E-state index in [0.29, 0.717) is 5.56 Å². The van der Waals surface area contributed by atoms with E-state index in [1.807, 2.05) is 6.92 Å². The van der Waals surface area contributed by atoms with Gasteiger partial charge in [0.25, 0.3) is 0 Å². The van der Waals surface area contributed by atoms with Gasteiger partial charge in [0.1, 0.15) is 17.1 Å². The number of nitrogens with one attached hydrogen (secondary N) is 1. The SMILES string of the molecule is Cc1ncc(-c2ccc(O)c(C(=O)O)c2)[nH]1. The first-order valence-electron chi connectivity index (χ1n) is 4.66. The highest BCUT2D eigenvalue weighted by molar-refractivity contribution is 5.92. The van der Waals surface area contributed by atoms with Crippen molar-refractivity contribution in [1.29, 1.82) is 0 Å². The molecule has 0 aliphatic carbocycles. The normalized spacial score (nSPS) is 10.3. The second-order valence-electron chi connectivity index (χ2n) is 3.42. The fourth-order valence-electron chi connectivity index (χ4n) is 1.44. The van der Waals surface area contributed by atoms with Crippen LogP contribution in [-0.4, -0.2) is 26.2 Å². The number of carboxylic acids is 1. The van der Waals surface area contributed by atoms with Crippen LogP contribution in [0.2, 0.25) is 0 Å². The van der Waals surface area contributed by atoms with Gasteiger partial charge in [0.2, 0.25) is 0 Å². The maximum absolute atomic E-state index is 10.8. The topological polar surface area (TPSA) is 86.2 Å². The van der Waals surface area contributed by atoms with Crippen LogP contribution in [0.15, 0.2) is 24.4 Å². The Morgan fingerprint density at radius 2 is 2.19 bits per heavy atom.